The summed E-state index contributed by atoms with van der Waals surface area (Å²) in [4.78, 5) is 24.2. The summed E-state index contributed by atoms with van der Waals surface area (Å²) >= 11 is 11.8. The van der Waals surface area contributed by atoms with Crippen LogP contribution in [0.3, 0.4) is 0 Å². The number of benzene rings is 3. The van der Waals surface area contributed by atoms with Crippen LogP contribution in [-0.4, -0.2) is 29.8 Å². The highest BCUT2D eigenvalue weighted by atomic mass is 35.5. The smallest absolute Gasteiger partial charge is 0.416 e. The van der Waals surface area contributed by atoms with Crippen LogP contribution in [0.2, 0.25) is 10.0 Å². The van der Waals surface area contributed by atoms with E-state index in [1.54, 1.807) is 0 Å². The average Bonchev–Trinajstić information content (AvgIpc) is 3.13. The number of alkyl carbamates (subject to hydrolysis) is 1. The average molecular weight is 524 g/mol. The maximum absolute atomic E-state index is 13.4. The molecule has 0 bridgehead atoms. The number of aliphatic carboxylic acids is 1. The van der Waals surface area contributed by atoms with Crippen LogP contribution in [0, 0.1) is 0 Å². The molecule has 1 amide bonds. The molecule has 3 aromatic carbocycles. The van der Waals surface area contributed by atoms with Gasteiger partial charge in [0, 0.05) is 12.3 Å². The van der Waals surface area contributed by atoms with Crippen LogP contribution in [0.4, 0.5) is 18.0 Å². The first-order valence-corrected chi connectivity index (χ1v) is 11.2. The van der Waals surface area contributed by atoms with Crippen LogP contribution in [0.1, 0.15) is 28.2 Å². The SMILES string of the molecule is O=C(NC(Cc1c(C(F)(F)F)ccc(Cl)c1Cl)C(=O)O)OCC1c2ccccc2-c2ccccc21. The van der Waals surface area contributed by atoms with E-state index in [9.17, 15) is 27.9 Å². The second-order valence-corrected chi connectivity index (χ2v) is 8.74. The fourth-order valence-corrected chi connectivity index (χ4v) is 4.66. The molecule has 0 saturated carbocycles. The lowest BCUT2D eigenvalue weighted by atomic mass is 9.98. The Labute approximate surface area is 208 Å². The molecule has 3 aromatic rings. The Balaban J connectivity index is 1.50. The van der Waals surface area contributed by atoms with Crippen LogP contribution in [-0.2, 0) is 22.1 Å². The lowest BCUT2D eigenvalue weighted by Gasteiger charge is -2.20. The molecule has 1 atom stereocenters. The van der Waals surface area contributed by atoms with Crippen molar-refractivity contribution >= 4 is 35.3 Å². The molecule has 0 spiro atoms. The third-order valence-corrected chi connectivity index (χ3v) is 6.69. The van der Waals surface area contributed by atoms with Crippen molar-refractivity contribution in [2.24, 2.45) is 0 Å². The Hall–Kier alpha value is -3.23. The topological polar surface area (TPSA) is 75.6 Å². The predicted octanol–water partition coefficient (Wildman–Crippen LogP) is 6.55. The standard InChI is InChI=1S/C25H18Cl2F3NO4/c26-20-10-9-19(25(28,29)30)17(22(20)27)11-21(23(32)33)31-24(34)35-12-18-15-7-3-1-5-13(15)14-6-2-4-8-16(14)18/h1-10,18,21H,11-12H2,(H,31,34)(H,32,33). The molecule has 4 rings (SSSR count). The Morgan fingerprint density at radius 3 is 2.09 bits per heavy atom. The molecule has 1 aliphatic rings. The van der Waals surface area contributed by atoms with Gasteiger partial charge < -0.3 is 15.2 Å². The normalized spacial score (nSPS) is 13.6. The fourth-order valence-electron chi connectivity index (χ4n) is 4.24. The molecule has 35 heavy (non-hydrogen) atoms. The summed E-state index contributed by atoms with van der Waals surface area (Å²) in [7, 11) is 0. The summed E-state index contributed by atoms with van der Waals surface area (Å²) in [6.07, 6.45) is -6.62. The van der Waals surface area contributed by atoms with Crippen molar-refractivity contribution in [1.29, 1.82) is 0 Å². The van der Waals surface area contributed by atoms with Gasteiger partial charge in [-0.05, 0) is 39.9 Å². The van der Waals surface area contributed by atoms with Gasteiger partial charge in [0.25, 0.3) is 0 Å². The van der Waals surface area contributed by atoms with Crippen molar-refractivity contribution < 1.29 is 32.6 Å². The molecule has 0 aromatic heterocycles. The van der Waals surface area contributed by atoms with Gasteiger partial charge in [-0.1, -0.05) is 71.7 Å². The quantitative estimate of drug-likeness (QED) is 0.384. The number of fused-ring (bicyclic) bond motifs is 3. The van der Waals surface area contributed by atoms with E-state index in [1.165, 1.54) is 0 Å². The van der Waals surface area contributed by atoms with Gasteiger partial charge in [-0.2, -0.15) is 13.2 Å². The maximum atomic E-state index is 13.4. The first-order chi connectivity index (χ1) is 16.6. The highest BCUT2D eigenvalue weighted by Gasteiger charge is 2.37. The van der Waals surface area contributed by atoms with E-state index in [0.717, 1.165) is 34.4 Å². The molecule has 0 radical (unpaired) electrons. The Kier molecular flexibility index (Phi) is 6.96. The molecule has 0 aliphatic heterocycles. The van der Waals surface area contributed by atoms with Crippen LogP contribution in [0.15, 0.2) is 60.7 Å². The van der Waals surface area contributed by atoms with Gasteiger partial charge in [0.05, 0.1) is 15.6 Å². The number of hydrogen-bond donors (Lipinski definition) is 2. The van der Waals surface area contributed by atoms with Gasteiger partial charge in [0.1, 0.15) is 12.6 Å². The van der Waals surface area contributed by atoms with Gasteiger partial charge in [0.2, 0.25) is 0 Å². The van der Waals surface area contributed by atoms with Crippen molar-refractivity contribution in [3.8, 4) is 11.1 Å². The molecule has 10 heteroatoms. The number of carbonyl (C=O) groups is 2. The highest BCUT2D eigenvalue weighted by molar-refractivity contribution is 6.42. The van der Waals surface area contributed by atoms with E-state index in [0.29, 0.717) is 0 Å². The zero-order valence-corrected chi connectivity index (χ0v) is 19.4. The Morgan fingerprint density at radius 1 is 0.971 bits per heavy atom. The maximum Gasteiger partial charge on any atom is 0.416 e. The van der Waals surface area contributed by atoms with E-state index < -0.39 is 46.9 Å². The van der Waals surface area contributed by atoms with Crippen LogP contribution < -0.4 is 5.32 Å². The number of nitrogens with one attached hydrogen (secondary N) is 1. The molecule has 182 valence electrons. The monoisotopic (exact) mass is 523 g/mol. The molecule has 0 fully saturated rings. The molecule has 1 unspecified atom stereocenters. The highest BCUT2D eigenvalue weighted by Crippen LogP contribution is 2.44. The zero-order chi connectivity index (χ0) is 25.3. The first-order valence-electron chi connectivity index (χ1n) is 10.5. The summed E-state index contributed by atoms with van der Waals surface area (Å²) in [5, 5.41) is 11.1. The number of carbonyl (C=O) groups excluding carboxylic acids is 1. The first kappa shape index (κ1) is 24.9. The summed E-state index contributed by atoms with van der Waals surface area (Å²) < 4.78 is 45.7. The Bertz CT molecular complexity index is 1250. The molecular weight excluding hydrogens is 506 g/mol. The van der Waals surface area contributed by atoms with Crippen LogP contribution >= 0.6 is 23.2 Å². The molecule has 0 heterocycles. The van der Waals surface area contributed by atoms with Crippen molar-refractivity contribution in [1.82, 2.24) is 5.32 Å². The van der Waals surface area contributed by atoms with Crippen molar-refractivity contribution in [2.45, 2.75) is 24.6 Å². The van der Waals surface area contributed by atoms with Crippen LogP contribution in [0.25, 0.3) is 11.1 Å². The fraction of sp³-hybridized carbons (Fsp3) is 0.200. The largest absolute Gasteiger partial charge is 0.480 e. The van der Waals surface area contributed by atoms with E-state index >= 15 is 0 Å². The number of rotatable bonds is 6. The summed E-state index contributed by atoms with van der Waals surface area (Å²) in [6.45, 7) is -0.0854. The minimum Gasteiger partial charge on any atom is -0.480 e. The summed E-state index contributed by atoms with van der Waals surface area (Å²) in [5.41, 5.74) is 2.27. The predicted molar refractivity (Wildman–Crippen MR) is 125 cm³/mol. The number of hydrogen-bond acceptors (Lipinski definition) is 3. The lowest BCUT2D eigenvalue weighted by Crippen LogP contribution is -2.43. The second kappa shape index (κ2) is 9.79. The number of carboxylic acid groups (broad SMARTS) is 1. The van der Waals surface area contributed by atoms with Crippen molar-refractivity contribution in [3.05, 3.63) is 93.0 Å². The third-order valence-electron chi connectivity index (χ3n) is 5.84. The van der Waals surface area contributed by atoms with E-state index in [1.807, 2.05) is 48.5 Å². The molecule has 5 nitrogen and oxygen atoms in total. The Morgan fingerprint density at radius 2 is 1.54 bits per heavy atom. The van der Waals surface area contributed by atoms with E-state index in [-0.39, 0.29) is 17.5 Å². The van der Waals surface area contributed by atoms with E-state index in [2.05, 4.69) is 5.32 Å². The van der Waals surface area contributed by atoms with Crippen molar-refractivity contribution in [2.75, 3.05) is 6.61 Å². The van der Waals surface area contributed by atoms with E-state index in [4.69, 9.17) is 27.9 Å². The van der Waals surface area contributed by atoms with Gasteiger partial charge in [-0.25, -0.2) is 9.59 Å². The second-order valence-electron chi connectivity index (χ2n) is 7.95. The third kappa shape index (κ3) is 5.09. The summed E-state index contributed by atoms with van der Waals surface area (Å²) in [5.74, 6) is -1.82. The molecule has 2 N–H and O–H groups in total. The number of halogens is 5. The minimum absolute atomic E-state index is 0.0854. The number of amides is 1. The lowest BCUT2D eigenvalue weighted by molar-refractivity contribution is -0.141. The van der Waals surface area contributed by atoms with Gasteiger partial charge in [0.15, 0.2) is 0 Å². The van der Waals surface area contributed by atoms with Gasteiger partial charge >= 0.3 is 18.2 Å². The van der Waals surface area contributed by atoms with Gasteiger partial charge in [-0.3, -0.25) is 0 Å². The molecule has 0 saturated heterocycles. The minimum atomic E-state index is -4.80. The summed E-state index contributed by atoms with van der Waals surface area (Å²) in [6, 6.07) is 15.3. The van der Waals surface area contributed by atoms with Crippen molar-refractivity contribution in [3.63, 3.8) is 0 Å². The zero-order valence-electron chi connectivity index (χ0n) is 17.9. The van der Waals surface area contributed by atoms with Gasteiger partial charge in [-0.15, -0.1) is 0 Å². The molecule has 1 aliphatic carbocycles. The number of alkyl halides is 3. The number of ether oxygens (including phenoxy) is 1. The molecular formula is C25H18Cl2F3NO4. The number of carboxylic acids is 1. The van der Waals surface area contributed by atoms with Crippen LogP contribution in [0.5, 0.6) is 0 Å².